The summed E-state index contributed by atoms with van der Waals surface area (Å²) < 4.78 is 0. The summed E-state index contributed by atoms with van der Waals surface area (Å²) >= 11 is 0. The molecule has 1 unspecified atom stereocenters. The number of anilines is 1. The highest BCUT2D eigenvalue weighted by molar-refractivity contribution is 5.63. The summed E-state index contributed by atoms with van der Waals surface area (Å²) in [5, 5.41) is 9.39. The van der Waals surface area contributed by atoms with Gasteiger partial charge in [-0.15, -0.1) is 0 Å². The minimum Gasteiger partial charge on any atom is -0.362 e. The van der Waals surface area contributed by atoms with Crippen LogP contribution in [0.2, 0.25) is 0 Å². The first-order chi connectivity index (χ1) is 10.2. The van der Waals surface area contributed by atoms with Gasteiger partial charge in [0.15, 0.2) is 0 Å². The Hall–Kier alpha value is -2.31. The van der Waals surface area contributed by atoms with Crippen molar-refractivity contribution in [3.8, 4) is 6.07 Å². The monoisotopic (exact) mass is 277 g/mol. The van der Waals surface area contributed by atoms with E-state index in [1.165, 1.54) is 16.7 Å². The lowest BCUT2D eigenvalue weighted by atomic mass is 9.91. The van der Waals surface area contributed by atoms with Gasteiger partial charge in [0.05, 0.1) is 17.3 Å². The first-order valence-electron chi connectivity index (χ1n) is 7.30. The minimum atomic E-state index is 0.142. The molecule has 0 amide bonds. The summed E-state index contributed by atoms with van der Waals surface area (Å²) in [5.41, 5.74) is 11.6. The average molecular weight is 277 g/mol. The second kappa shape index (κ2) is 5.59. The molecule has 0 aromatic heterocycles. The van der Waals surface area contributed by atoms with Crippen LogP contribution in [0.4, 0.5) is 5.69 Å². The molecule has 0 saturated carbocycles. The molecule has 2 aromatic carbocycles. The maximum atomic E-state index is 9.39. The molecule has 2 aromatic rings. The van der Waals surface area contributed by atoms with Gasteiger partial charge in [0.2, 0.25) is 0 Å². The quantitative estimate of drug-likeness (QED) is 0.918. The van der Waals surface area contributed by atoms with E-state index >= 15 is 0 Å². The highest BCUT2D eigenvalue weighted by Crippen LogP contribution is 2.35. The molecule has 0 fully saturated rings. The average Bonchev–Trinajstić information content (AvgIpc) is 2.53. The Morgan fingerprint density at radius 1 is 1.29 bits per heavy atom. The van der Waals surface area contributed by atoms with Crippen molar-refractivity contribution >= 4 is 5.69 Å². The lowest BCUT2D eigenvalue weighted by Gasteiger charge is -2.39. The zero-order valence-electron chi connectivity index (χ0n) is 12.2. The number of aryl methyl sites for hydroxylation is 1. The molecule has 0 spiro atoms. The summed E-state index contributed by atoms with van der Waals surface area (Å²) in [4.78, 5) is 2.29. The lowest BCUT2D eigenvalue weighted by molar-refractivity contribution is 0.590. The van der Waals surface area contributed by atoms with Gasteiger partial charge in [0.1, 0.15) is 6.07 Å². The summed E-state index contributed by atoms with van der Waals surface area (Å²) in [7, 11) is 0. The third-order valence-electron chi connectivity index (χ3n) is 4.22. The zero-order chi connectivity index (χ0) is 14.8. The molecule has 3 nitrogen and oxygen atoms in total. The predicted molar refractivity (Wildman–Crippen MR) is 85.2 cm³/mol. The third-order valence-corrected chi connectivity index (χ3v) is 4.22. The van der Waals surface area contributed by atoms with Gasteiger partial charge < -0.3 is 10.6 Å². The van der Waals surface area contributed by atoms with Crippen LogP contribution in [-0.4, -0.2) is 13.1 Å². The van der Waals surface area contributed by atoms with Crippen molar-refractivity contribution in [2.24, 2.45) is 5.73 Å². The maximum Gasteiger partial charge on any atom is 0.101 e. The van der Waals surface area contributed by atoms with Crippen molar-refractivity contribution in [2.45, 2.75) is 19.4 Å². The van der Waals surface area contributed by atoms with E-state index < -0.39 is 0 Å². The normalized spacial score (nSPS) is 17.2. The highest BCUT2D eigenvalue weighted by atomic mass is 15.2. The number of nitrogens with zero attached hydrogens (tertiary/aromatic N) is 2. The number of nitrogens with two attached hydrogens (primary N) is 1. The molecule has 0 bridgehead atoms. The van der Waals surface area contributed by atoms with Gasteiger partial charge in [-0.05, 0) is 42.2 Å². The third kappa shape index (κ3) is 2.39. The molecule has 1 atom stereocenters. The summed E-state index contributed by atoms with van der Waals surface area (Å²) in [6.45, 7) is 3.51. The first kappa shape index (κ1) is 13.7. The Kier molecular flexibility index (Phi) is 3.64. The molecule has 3 heteroatoms. The zero-order valence-corrected chi connectivity index (χ0v) is 12.2. The number of fused-ring (bicyclic) bond motifs is 1. The maximum absolute atomic E-state index is 9.39. The number of hydrogen-bond donors (Lipinski definition) is 1. The van der Waals surface area contributed by atoms with Crippen LogP contribution < -0.4 is 10.6 Å². The Morgan fingerprint density at radius 3 is 2.86 bits per heavy atom. The smallest absolute Gasteiger partial charge is 0.101 e. The summed E-state index contributed by atoms with van der Waals surface area (Å²) in [5.74, 6) is 0. The van der Waals surface area contributed by atoms with Crippen molar-refractivity contribution in [1.82, 2.24) is 0 Å². The molecular formula is C18H19N3. The fourth-order valence-electron chi connectivity index (χ4n) is 3.17. The lowest BCUT2D eigenvalue weighted by Crippen LogP contribution is -2.39. The van der Waals surface area contributed by atoms with E-state index in [0.29, 0.717) is 6.54 Å². The summed E-state index contributed by atoms with van der Waals surface area (Å²) in [6, 6.07) is 16.9. The number of hydrogen-bond acceptors (Lipinski definition) is 3. The van der Waals surface area contributed by atoms with Crippen LogP contribution in [0, 0.1) is 18.3 Å². The van der Waals surface area contributed by atoms with Crippen LogP contribution >= 0.6 is 0 Å². The van der Waals surface area contributed by atoms with Crippen LogP contribution in [0.15, 0.2) is 42.5 Å². The Morgan fingerprint density at radius 2 is 2.10 bits per heavy atom. The molecule has 1 aliphatic rings. The van der Waals surface area contributed by atoms with Gasteiger partial charge in [-0.2, -0.15) is 5.26 Å². The topological polar surface area (TPSA) is 53.0 Å². The molecule has 2 N–H and O–H groups in total. The van der Waals surface area contributed by atoms with E-state index in [2.05, 4.69) is 48.2 Å². The van der Waals surface area contributed by atoms with Gasteiger partial charge in [-0.3, -0.25) is 0 Å². The number of nitriles is 1. The highest BCUT2D eigenvalue weighted by Gasteiger charge is 2.27. The Balaban J connectivity index is 2.08. The van der Waals surface area contributed by atoms with Crippen molar-refractivity contribution in [2.75, 3.05) is 18.0 Å². The van der Waals surface area contributed by atoms with E-state index in [9.17, 15) is 5.26 Å². The van der Waals surface area contributed by atoms with Crippen LogP contribution in [0.25, 0.3) is 0 Å². The van der Waals surface area contributed by atoms with Gasteiger partial charge >= 0.3 is 0 Å². The molecule has 0 aliphatic carbocycles. The number of rotatable bonds is 2. The predicted octanol–water partition coefficient (Wildman–Crippen LogP) is 2.93. The number of benzene rings is 2. The molecule has 106 valence electrons. The van der Waals surface area contributed by atoms with E-state index in [0.717, 1.165) is 24.2 Å². The first-order valence-corrected chi connectivity index (χ1v) is 7.30. The van der Waals surface area contributed by atoms with Gasteiger partial charge in [0.25, 0.3) is 0 Å². The van der Waals surface area contributed by atoms with Crippen molar-refractivity contribution in [3.63, 3.8) is 0 Å². The van der Waals surface area contributed by atoms with Crippen molar-refractivity contribution in [3.05, 3.63) is 64.7 Å². The standard InChI is InChI=1S/C18H19N3/c1-13-6-7-15(11-19)17(10-13)21-9-8-14-4-2-3-5-16(14)18(21)12-20/h2-7,10,18H,8-9,12,20H2,1H3. The Labute approximate surface area is 125 Å². The van der Waals surface area contributed by atoms with Gasteiger partial charge in [0, 0.05) is 13.1 Å². The second-order valence-electron chi connectivity index (χ2n) is 5.53. The van der Waals surface area contributed by atoms with E-state index in [1.54, 1.807) is 0 Å². The van der Waals surface area contributed by atoms with Crippen LogP contribution in [0.3, 0.4) is 0 Å². The SMILES string of the molecule is Cc1ccc(C#N)c(N2CCc3ccccc3C2CN)c1. The van der Waals surface area contributed by atoms with E-state index in [1.807, 2.05) is 12.1 Å². The Bertz CT molecular complexity index is 700. The molecule has 1 heterocycles. The molecule has 0 radical (unpaired) electrons. The fourth-order valence-corrected chi connectivity index (χ4v) is 3.17. The molecular weight excluding hydrogens is 258 g/mol. The van der Waals surface area contributed by atoms with Crippen LogP contribution in [0.5, 0.6) is 0 Å². The molecule has 1 aliphatic heterocycles. The molecule has 21 heavy (non-hydrogen) atoms. The van der Waals surface area contributed by atoms with E-state index in [4.69, 9.17) is 5.73 Å². The van der Waals surface area contributed by atoms with Crippen LogP contribution in [0.1, 0.15) is 28.3 Å². The van der Waals surface area contributed by atoms with E-state index in [-0.39, 0.29) is 6.04 Å². The minimum absolute atomic E-state index is 0.142. The van der Waals surface area contributed by atoms with Gasteiger partial charge in [-0.1, -0.05) is 30.3 Å². The van der Waals surface area contributed by atoms with Crippen molar-refractivity contribution < 1.29 is 0 Å². The van der Waals surface area contributed by atoms with Gasteiger partial charge in [-0.25, -0.2) is 0 Å². The molecule has 0 saturated heterocycles. The van der Waals surface area contributed by atoms with Crippen molar-refractivity contribution in [1.29, 1.82) is 5.26 Å². The fraction of sp³-hybridized carbons (Fsp3) is 0.278. The summed E-state index contributed by atoms with van der Waals surface area (Å²) in [6.07, 6.45) is 0.992. The second-order valence-corrected chi connectivity index (χ2v) is 5.53. The largest absolute Gasteiger partial charge is 0.362 e. The molecule has 3 rings (SSSR count). The van der Waals surface area contributed by atoms with Crippen LogP contribution in [-0.2, 0) is 6.42 Å².